The Labute approximate surface area is 126 Å². The van der Waals surface area contributed by atoms with E-state index in [9.17, 15) is 4.79 Å². The lowest BCUT2D eigenvalue weighted by atomic mass is 10.2. The standard InChI is InChI=1S/C13H15ClN4OS/c1-17-9-15-16-13(17)18(2)12(19)8-20-7-10-4-3-5-11(14)6-10/h3-6,9H,7-8H2,1-2H3. The molecule has 0 saturated carbocycles. The largest absolute Gasteiger partial charge is 0.303 e. The molecule has 0 radical (unpaired) electrons. The van der Waals surface area contributed by atoms with Gasteiger partial charge in [0, 0.05) is 24.9 Å². The van der Waals surface area contributed by atoms with Crippen molar-refractivity contribution in [2.24, 2.45) is 7.05 Å². The van der Waals surface area contributed by atoms with E-state index in [-0.39, 0.29) is 5.91 Å². The van der Waals surface area contributed by atoms with Gasteiger partial charge in [-0.15, -0.1) is 22.0 Å². The van der Waals surface area contributed by atoms with Crippen LogP contribution in [0, 0.1) is 0 Å². The van der Waals surface area contributed by atoms with Crippen molar-refractivity contribution in [3.63, 3.8) is 0 Å². The second-order valence-electron chi connectivity index (χ2n) is 4.32. The monoisotopic (exact) mass is 310 g/mol. The quantitative estimate of drug-likeness (QED) is 0.851. The third-order valence-corrected chi connectivity index (χ3v) is 3.97. The van der Waals surface area contributed by atoms with Crippen molar-refractivity contribution in [2.45, 2.75) is 5.75 Å². The lowest BCUT2D eigenvalue weighted by molar-refractivity contribution is -0.116. The normalized spacial score (nSPS) is 10.6. The van der Waals surface area contributed by atoms with Gasteiger partial charge in [-0.05, 0) is 17.7 Å². The molecule has 20 heavy (non-hydrogen) atoms. The minimum absolute atomic E-state index is 0.00636. The molecule has 2 aromatic rings. The molecule has 0 fully saturated rings. The fourth-order valence-corrected chi connectivity index (χ4v) is 2.77. The molecular weight excluding hydrogens is 296 g/mol. The van der Waals surface area contributed by atoms with E-state index in [1.165, 1.54) is 4.90 Å². The van der Waals surface area contributed by atoms with Crippen LogP contribution in [0.5, 0.6) is 0 Å². The van der Waals surface area contributed by atoms with Gasteiger partial charge in [-0.3, -0.25) is 9.69 Å². The van der Waals surface area contributed by atoms with Crippen LogP contribution in [0.3, 0.4) is 0 Å². The number of hydrogen-bond acceptors (Lipinski definition) is 4. The van der Waals surface area contributed by atoms with Crippen LogP contribution in [-0.4, -0.2) is 33.5 Å². The van der Waals surface area contributed by atoms with Gasteiger partial charge in [0.05, 0.1) is 5.75 Å². The van der Waals surface area contributed by atoms with E-state index in [2.05, 4.69) is 10.2 Å². The molecule has 0 spiro atoms. The summed E-state index contributed by atoms with van der Waals surface area (Å²) in [6.07, 6.45) is 1.57. The molecule has 0 aliphatic carbocycles. The highest BCUT2D eigenvalue weighted by Gasteiger charge is 2.15. The van der Waals surface area contributed by atoms with Crippen LogP contribution < -0.4 is 4.90 Å². The Morgan fingerprint density at radius 1 is 1.50 bits per heavy atom. The summed E-state index contributed by atoms with van der Waals surface area (Å²) in [6, 6.07) is 7.65. The number of anilines is 1. The summed E-state index contributed by atoms with van der Waals surface area (Å²) in [6.45, 7) is 0. The maximum absolute atomic E-state index is 12.0. The van der Waals surface area contributed by atoms with Crippen molar-refractivity contribution >= 4 is 35.2 Å². The zero-order chi connectivity index (χ0) is 14.5. The third kappa shape index (κ3) is 3.74. The van der Waals surface area contributed by atoms with Gasteiger partial charge in [-0.2, -0.15) is 0 Å². The van der Waals surface area contributed by atoms with Crippen molar-refractivity contribution in [1.29, 1.82) is 0 Å². The molecule has 0 aliphatic rings. The van der Waals surface area contributed by atoms with E-state index in [4.69, 9.17) is 11.6 Å². The number of nitrogens with zero attached hydrogens (tertiary/aromatic N) is 4. The lowest BCUT2D eigenvalue weighted by Crippen LogP contribution is -2.30. The van der Waals surface area contributed by atoms with Crippen molar-refractivity contribution < 1.29 is 4.79 Å². The third-order valence-electron chi connectivity index (χ3n) is 2.74. The van der Waals surface area contributed by atoms with Gasteiger partial charge in [0.15, 0.2) is 0 Å². The average Bonchev–Trinajstić information content (AvgIpc) is 2.84. The summed E-state index contributed by atoms with van der Waals surface area (Å²) in [5, 5.41) is 8.38. The molecule has 0 N–H and O–H groups in total. The first-order valence-electron chi connectivity index (χ1n) is 6.00. The smallest absolute Gasteiger partial charge is 0.239 e. The Hall–Kier alpha value is -1.53. The molecule has 2 rings (SSSR count). The van der Waals surface area contributed by atoms with E-state index in [0.29, 0.717) is 16.7 Å². The van der Waals surface area contributed by atoms with Gasteiger partial charge in [0.25, 0.3) is 0 Å². The van der Waals surface area contributed by atoms with Crippen LogP contribution in [0.25, 0.3) is 0 Å². The van der Waals surface area contributed by atoms with Gasteiger partial charge in [0.2, 0.25) is 11.9 Å². The molecule has 7 heteroatoms. The van der Waals surface area contributed by atoms with E-state index in [1.54, 1.807) is 36.8 Å². The van der Waals surface area contributed by atoms with Gasteiger partial charge < -0.3 is 4.57 Å². The second-order valence-corrected chi connectivity index (χ2v) is 5.74. The number of aromatic nitrogens is 3. The van der Waals surface area contributed by atoms with Crippen LogP contribution in [0.2, 0.25) is 5.02 Å². The number of benzene rings is 1. The summed E-state index contributed by atoms with van der Waals surface area (Å²) in [5.41, 5.74) is 1.11. The minimum Gasteiger partial charge on any atom is -0.303 e. The zero-order valence-electron chi connectivity index (χ0n) is 11.3. The molecular formula is C13H15ClN4OS. The predicted octanol–water partition coefficient (Wildman–Crippen LogP) is 2.36. The predicted molar refractivity (Wildman–Crippen MR) is 82.0 cm³/mol. The molecule has 0 unspecified atom stereocenters. The molecule has 1 heterocycles. The molecule has 1 amide bonds. The molecule has 106 valence electrons. The molecule has 0 aliphatic heterocycles. The van der Waals surface area contributed by atoms with E-state index < -0.39 is 0 Å². The molecule has 0 atom stereocenters. The topological polar surface area (TPSA) is 51.0 Å². The fourth-order valence-electron chi connectivity index (χ4n) is 1.67. The van der Waals surface area contributed by atoms with Crippen molar-refractivity contribution in [3.05, 3.63) is 41.2 Å². The molecule has 1 aromatic carbocycles. The van der Waals surface area contributed by atoms with Crippen LogP contribution in [0.15, 0.2) is 30.6 Å². The van der Waals surface area contributed by atoms with Crippen LogP contribution in [0.1, 0.15) is 5.56 Å². The van der Waals surface area contributed by atoms with Crippen LogP contribution in [0.4, 0.5) is 5.95 Å². The van der Waals surface area contributed by atoms with Gasteiger partial charge >= 0.3 is 0 Å². The van der Waals surface area contributed by atoms with Gasteiger partial charge in [-0.25, -0.2) is 0 Å². The summed E-state index contributed by atoms with van der Waals surface area (Å²) in [7, 11) is 3.50. The fraction of sp³-hybridized carbons (Fsp3) is 0.308. The number of amides is 1. The van der Waals surface area contributed by atoms with Crippen LogP contribution in [-0.2, 0) is 17.6 Å². The summed E-state index contributed by atoms with van der Waals surface area (Å²) >= 11 is 7.47. The number of hydrogen-bond donors (Lipinski definition) is 0. The maximum atomic E-state index is 12.0. The molecule has 0 saturated heterocycles. The van der Waals surface area contributed by atoms with E-state index in [0.717, 1.165) is 11.3 Å². The first kappa shape index (κ1) is 14.9. The Balaban J connectivity index is 1.85. The highest BCUT2D eigenvalue weighted by Crippen LogP contribution is 2.17. The first-order valence-corrected chi connectivity index (χ1v) is 7.54. The second kappa shape index (κ2) is 6.76. The first-order chi connectivity index (χ1) is 9.58. The number of rotatable bonds is 5. The number of aryl methyl sites for hydroxylation is 1. The minimum atomic E-state index is -0.00636. The summed E-state index contributed by atoms with van der Waals surface area (Å²) in [5.74, 6) is 1.67. The zero-order valence-corrected chi connectivity index (χ0v) is 12.9. The lowest BCUT2D eigenvalue weighted by Gasteiger charge is -2.15. The number of carbonyl (C=O) groups excluding carboxylic acids is 1. The Morgan fingerprint density at radius 3 is 2.95 bits per heavy atom. The SMILES string of the molecule is CN(C(=O)CSCc1cccc(Cl)c1)c1nncn1C. The number of thioether (sulfide) groups is 1. The Kier molecular flexibility index (Phi) is 5.03. The molecule has 0 bridgehead atoms. The van der Waals surface area contributed by atoms with Gasteiger partial charge in [0.1, 0.15) is 6.33 Å². The van der Waals surface area contributed by atoms with Gasteiger partial charge in [-0.1, -0.05) is 23.7 Å². The Morgan fingerprint density at radius 2 is 2.30 bits per heavy atom. The Bertz CT molecular complexity index is 602. The summed E-state index contributed by atoms with van der Waals surface area (Å²) < 4.78 is 1.71. The van der Waals surface area contributed by atoms with E-state index in [1.807, 2.05) is 24.3 Å². The van der Waals surface area contributed by atoms with Crippen molar-refractivity contribution in [1.82, 2.24) is 14.8 Å². The maximum Gasteiger partial charge on any atom is 0.239 e. The molecule has 5 nitrogen and oxygen atoms in total. The molecule has 1 aromatic heterocycles. The van der Waals surface area contributed by atoms with Crippen molar-refractivity contribution in [3.8, 4) is 0 Å². The highest BCUT2D eigenvalue weighted by atomic mass is 35.5. The number of halogens is 1. The van der Waals surface area contributed by atoms with Crippen LogP contribution >= 0.6 is 23.4 Å². The summed E-state index contributed by atoms with van der Waals surface area (Å²) in [4.78, 5) is 13.6. The number of carbonyl (C=O) groups is 1. The van der Waals surface area contributed by atoms with Crippen molar-refractivity contribution in [2.75, 3.05) is 17.7 Å². The average molecular weight is 311 g/mol. The van der Waals surface area contributed by atoms with E-state index >= 15 is 0 Å². The highest BCUT2D eigenvalue weighted by molar-refractivity contribution is 7.99.